The molecular formula is C5H11S. The van der Waals surface area contributed by atoms with Gasteiger partial charge in [0.15, 0.2) is 0 Å². The summed E-state index contributed by atoms with van der Waals surface area (Å²) in [5.41, 5.74) is 0. The fourth-order valence-corrected chi connectivity index (χ4v) is 0.816. The lowest BCUT2D eigenvalue weighted by atomic mass is 10.3. The van der Waals surface area contributed by atoms with Crippen LogP contribution in [0.15, 0.2) is 0 Å². The SMILES string of the molecule is CS[CH]C(C)C. The van der Waals surface area contributed by atoms with Gasteiger partial charge in [-0.2, -0.15) is 11.8 Å². The number of rotatable bonds is 2. The van der Waals surface area contributed by atoms with Gasteiger partial charge in [0.2, 0.25) is 0 Å². The average Bonchev–Trinajstić information content (AvgIpc) is 1.35. The third-order valence-corrected chi connectivity index (χ3v) is 1.22. The van der Waals surface area contributed by atoms with Gasteiger partial charge in [-0.1, -0.05) is 13.8 Å². The lowest BCUT2D eigenvalue weighted by molar-refractivity contribution is 0.812. The molecule has 0 fully saturated rings. The highest BCUT2D eigenvalue weighted by Crippen LogP contribution is 2.07. The van der Waals surface area contributed by atoms with Crippen molar-refractivity contribution < 1.29 is 0 Å². The third kappa shape index (κ3) is 4.35. The van der Waals surface area contributed by atoms with Crippen molar-refractivity contribution >= 4 is 11.8 Å². The Morgan fingerprint density at radius 2 is 2.00 bits per heavy atom. The molecule has 0 saturated carbocycles. The van der Waals surface area contributed by atoms with Crippen molar-refractivity contribution in [3.05, 3.63) is 5.75 Å². The molecule has 0 aliphatic rings. The van der Waals surface area contributed by atoms with Crippen LogP contribution in [0.3, 0.4) is 0 Å². The molecule has 0 atom stereocenters. The molecule has 1 heteroatoms. The fourth-order valence-electron chi connectivity index (χ4n) is 0.272. The summed E-state index contributed by atoms with van der Waals surface area (Å²) in [4.78, 5) is 0. The minimum Gasteiger partial charge on any atom is -0.161 e. The zero-order valence-electron chi connectivity index (χ0n) is 4.56. The Kier molecular flexibility index (Phi) is 3.74. The van der Waals surface area contributed by atoms with Gasteiger partial charge < -0.3 is 0 Å². The first kappa shape index (κ1) is 6.35. The van der Waals surface area contributed by atoms with Crippen molar-refractivity contribution in [3.8, 4) is 0 Å². The Hall–Kier alpha value is 0.350. The van der Waals surface area contributed by atoms with E-state index in [2.05, 4.69) is 25.9 Å². The predicted octanol–water partition coefficient (Wildman–Crippen LogP) is 2.17. The number of hydrogen-bond acceptors (Lipinski definition) is 1. The van der Waals surface area contributed by atoms with Crippen LogP contribution < -0.4 is 0 Å². The van der Waals surface area contributed by atoms with Crippen molar-refractivity contribution in [1.82, 2.24) is 0 Å². The molecule has 0 spiro atoms. The molecule has 1 radical (unpaired) electrons. The van der Waals surface area contributed by atoms with E-state index in [1.54, 1.807) is 11.8 Å². The Bertz CT molecular complexity index is 25.1. The van der Waals surface area contributed by atoms with Gasteiger partial charge in [0.1, 0.15) is 0 Å². The van der Waals surface area contributed by atoms with Crippen LogP contribution in [0.25, 0.3) is 0 Å². The van der Waals surface area contributed by atoms with E-state index in [9.17, 15) is 0 Å². The van der Waals surface area contributed by atoms with E-state index in [1.165, 1.54) is 0 Å². The van der Waals surface area contributed by atoms with Crippen LogP contribution >= 0.6 is 11.8 Å². The van der Waals surface area contributed by atoms with Gasteiger partial charge in [-0.15, -0.1) is 0 Å². The summed E-state index contributed by atoms with van der Waals surface area (Å²) < 4.78 is 0. The van der Waals surface area contributed by atoms with Gasteiger partial charge in [0.05, 0.1) is 0 Å². The Balaban J connectivity index is 2.63. The van der Waals surface area contributed by atoms with E-state index in [4.69, 9.17) is 0 Å². The molecule has 0 amide bonds. The maximum atomic E-state index is 2.21. The first-order valence-corrected chi connectivity index (χ1v) is 3.42. The molecule has 0 aromatic rings. The zero-order valence-corrected chi connectivity index (χ0v) is 5.38. The Morgan fingerprint density at radius 1 is 1.50 bits per heavy atom. The monoisotopic (exact) mass is 103 g/mol. The van der Waals surface area contributed by atoms with Crippen LogP contribution in [0.4, 0.5) is 0 Å². The van der Waals surface area contributed by atoms with Crippen molar-refractivity contribution in [3.63, 3.8) is 0 Å². The standard InChI is InChI=1S/C5H11S/c1-5(2)4-6-3/h4-5H,1-3H3. The second kappa shape index (κ2) is 3.54. The quantitative estimate of drug-likeness (QED) is 0.516. The molecule has 0 saturated heterocycles. The van der Waals surface area contributed by atoms with Gasteiger partial charge in [0.25, 0.3) is 0 Å². The second-order valence-electron chi connectivity index (χ2n) is 1.62. The highest BCUT2D eigenvalue weighted by molar-refractivity contribution is 8.00. The smallest absolute Gasteiger partial charge is 0.0189 e. The lowest BCUT2D eigenvalue weighted by Gasteiger charge is -1.95. The van der Waals surface area contributed by atoms with E-state index in [0.29, 0.717) is 0 Å². The summed E-state index contributed by atoms with van der Waals surface area (Å²) in [6.07, 6.45) is 2.08. The molecule has 0 nitrogen and oxygen atoms in total. The molecular weight excluding hydrogens is 92.1 g/mol. The normalized spacial score (nSPS) is 10.0. The van der Waals surface area contributed by atoms with Crippen LogP contribution in [0.1, 0.15) is 13.8 Å². The average molecular weight is 103 g/mol. The van der Waals surface area contributed by atoms with E-state index >= 15 is 0 Å². The van der Waals surface area contributed by atoms with Crippen molar-refractivity contribution in [1.29, 1.82) is 0 Å². The zero-order chi connectivity index (χ0) is 4.99. The van der Waals surface area contributed by atoms with Crippen LogP contribution in [-0.4, -0.2) is 6.26 Å². The van der Waals surface area contributed by atoms with E-state index < -0.39 is 0 Å². The third-order valence-electron chi connectivity index (χ3n) is 0.408. The summed E-state index contributed by atoms with van der Waals surface area (Å²) in [6, 6.07) is 0. The van der Waals surface area contributed by atoms with Gasteiger partial charge >= 0.3 is 0 Å². The Morgan fingerprint density at radius 3 is 2.00 bits per heavy atom. The van der Waals surface area contributed by atoms with Crippen LogP contribution in [0.2, 0.25) is 0 Å². The molecule has 0 bridgehead atoms. The van der Waals surface area contributed by atoms with Crippen LogP contribution in [0.5, 0.6) is 0 Å². The van der Waals surface area contributed by atoms with E-state index in [0.717, 1.165) is 5.92 Å². The molecule has 0 aromatic carbocycles. The minimum absolute atomic E-state index is 0.736. The molecule has 0 unspecified atom stereocenters. The van der Waals surface area contributed by atoms with E-state index in [-0.39, 0.29) is 0 Å². The number of thioether (sulfide) groups is 1. The highest BCUT2D eigenvalue weighted by atomic mass is 32.2. The summed E-state index contributed by atoms with van der Waals surface area (Å²) >= 11 is 1.78. The maximum absolute atomic E-state index is 2.21. The molecule has 0 aliphatic heterocycles. The predicted molar refractivity (Wildman–Crippen MR) is 32.7 cm³/mol. The molecule has 37 valence electrons. The minimum atomic E-state index is 0.736. The van der Waals surface area contributed by atoms with Gasteiger partial charge in [-0.25, -0.2) is 0 Å². The summed E-state index contributed by atoms with van der Waals surface area (Å²) in [5.74, 6) is 2.94. The van der Waals surface area contributed by atoms with Gasteiger partial charge in [0, 0.05) is 5.75 Å². The first-order valence-electron chi connectivity index (χ1n) is 2.13. The fraction of sp³-hybridized carbons (Fsp3) is 0.800. The molecule has 6 heavy (non-hydrogen) atoms. The maximum Gasteiger partial charge on any atom is 0.0189 e. The molecule has 0 N–H and O–H groups in total. The largest absolute Gasteiger partial charge is 0.161 e. The van der Waals surface area contributed by atoms with Crippen LogP contribution in [-0.2, 0) is 0 Å². The first-order chi connectivity index (χ1) is 2.77. The molecule has 0 rings (SSSR count). The van der Waals surface area contributed by atoms with E-state index in [1.807, 2.05) is 0 Å². The summed E-state index contributed by atoms with van der Waals surface area (Å²) in [6.45, 7) is 4.35. The van der Waals surface area contributed by atoms with Gasteiger partial charge in [-0.3, -0.25) is 0 Å². The van der Waals surface area contributed by atoms with Gasteiger partial charge in [-0.05, 0) is 12.2 Å². The summed E-state index contributed by atoms with van der Waals surface area (Å²) in [5, 5.41) is 0. The molecule has 0 aliphatic carbocycles. The van der Waals surface area contributed by atoms with Crippen molar-refractivity contribution in [2.75, 3.05) is 6.26 Å². The highest BCUT2D eigenvalue weighted by Gasteiger charge is 1.86. The summed E-state index contributed by atoms with van der Waals surface area (Å²) in [7, 11) is 0. The van der Waals surface area contributed by atoms with Crippen molar-refractivity contribution in [2.24, 2.45) is 5.92 Å². The Labute approximate surface area is 44.3 Å². The topological polar surface area (TPSA) is 0 Å². The van der Waals surface area contributed by atoms with Crippen molar-refractivity contribution in [2.45, 2.75) is 13.8 Å². The lowest BCUT2D eigenvalue weighted by Crippen LogP contribution is -1.79. The van der Waals surface area contributed by atoms with Crippen LogP contribution in [0, 0.1) is 11.7 Å². The molecule has 0 heterocycles. The number of hydrogen-bond donors (Lipinski definition) is 0. The molecule has 0 aromatic heterocycles. The second-order valence-corrected chi connectivity index (χ2v) is 2.36.